The van der Waals surface area contributed by atoms with Gasteiger partial charge in [-0.05, 0) is 44.9 Å². The van der Waals surface area contributed by atoms with Gasteiger partial charge in [-0.1, -0.05) is 6.92 Å². The Bertz CT molecular complexity index is 554. The average Bonchev–Trinajstić information content (AvgIpc) is 2.93. The van der Waals surface area contributed by atoms with Crippen molar-refractivity contribution < 1.29 is 9.90 Å². The van der Waals surface area contributed by atoms with E-state index in [1.165, 1.54) is 11.3 Å². The lowest BCUT2D eigenvalue weighted by atomic mass is 10.1. The van der Waals surface area contributed by atoms with Crippen molar-refractivity contribution in [3.8, 4) is 10.7 Å². The van der Waals surface area contributed by atoms with E-state index in [1.54, 1.807) is 4.68 Å². The Morgan fingerprint density at radius 1 is 1.61 bits per heavy atom. The number of carboxylic acids is 1. The summed E-state index contributed by atoms with van der Waals surface area (Å²) in [6.45, 7) is 1.92. The maximum absolute atomic E-state index is 10.8. The lowest BCUT2D eigenvalue weighted by Crippen LogP contribution is -2.15. The minimum atomic E-state index is -0.851. The molecular formula is C10H11BrN4O2S. The number of tetrazole rings is 1. The van der Waals surface area contributed by atoms with Gasteiger partial charge < -0.3 is 5.11 Å². The Balaban J connectivity index is 2.34. The monoisotopic (exact) mass is 330 g/mol. The van der Waals surface area contributed by atoms with E-state index in [0.717, 1.165) is 8.66 Å². The topological polar surface area (TPSA) is 80.9 Å². The first-order valence-electron chi connectivity index (χ1n) is 5.37. The second-order valence-corrected chi connectivity index (χ2v) is 6.17. The average molecular weight is 331 g/mol. The van der Waals surface area contributed by atoms with Crippen molar-refractivity contribution in [3.63, 3.8) is 0 Å². The second kappa shape index (κ2) is 5.57. The molecule has 1 N–H and O–H groups in total. The summed E-state index contributed by atoms with van der Waals surface area (Å²) in [4.78, 5) is 11.7. The van der Waals surface area contributed by atoms with Gasteiger partial charge in [0, 0.05) is 0 Å². The number of carboxylic acid groups (broad SMARTS) is 1. The van der Waals surface area contributed by atoms with Crippen LogP contribution in [0.1, 0.15) is 25.8 Å². The molecule has 1 unspecified atom stereocenters. The number of hydrogen-bond acceptors (Lipinski definition) is 5. The van der Waals surface area contributed by atoms with Crippen LogP contribution in [0.15, 0.2) is 15.9 Å². The van der Waals surface area contributed by atoms with Crippen molar-refractivity contribution in [2.45, 2.75) is 25.8 Å². The van der Waals surface area contributed by atoms with E-state index in [0.29, 0.717) is 12.2 Å². The van der Waals surface area contributed by atoms with Gasteiger partial charge in [-0.2, -0.15) is 0 Å². The predicted octanol–water partition coefficient (Wildman–Crippen LogP) is 2.59. The Labute approximate surface area is 116 Å². The van der Waals surface area contributed by atoms with E-state index in [9.17, 15) is 4.79 Å². The first-order valence-corrected chi connectivity index (χ1v) is 6.98. The van der Waals surface area contributed by atoms with Gasteiger partial charge in [-0.3, -0.25) is 4.79 Å². The molecule has 6 nitrogen and oxygen atoms in total. The number of halogens is 1. The third-order valence-electron chi connectivity index (χ3n) is 2.51. The van der Waals surface area contributed by atoms with Gasteiger partial charge in [0.15, 0.2) is 5.82 Å². The number of aromatic nitrogens is 4. The van der Waals surface area contributed by atoms with Crippen LogP contribution in [0.3, 0.4) is 0 Å². The molecule has 2 rings (SSSR count). The highest BCUT2D eigenvalue weighted by atomic mass is 79.9. The molecule has 2 heterocycles. The largest absolute Gasteiger partial charge is 0.481 e. The zero-order chi connectivity index (χ0) is 13.1. The molecule has 8 heteroatoms. The molecule has 1 atom stereocenters. The maximum atomic E-state index is 10.8. The number of thiophene rings is 1. The molecule has 0 fully saturated rings. The molecule has 0 spiro atoms. The molecule has 18 heavy (non-hydrogen) atoms. The van der Waals surface area contributed by atoms with Crippen LogP contribution in [0.2, 0.25) is 0 Å². The van der Waals surface area contributed by atoms with Crippen LogP contribution in [-0.4, -0.2) is 31.3 Å². The van der Waals surface area contributed by atoms with E-state index < -0.39 is 5.97 Å². The quantitative estimate of drug-likeness (QED) is 0.911. The number of aliphatic carboxylic acids is 1. The molecule has 0 aliphatic heterocycles. The van der Waals surface area contributed by atoms with E-state index in [4.69, 9.17) is 5.11 Å². The standard InChI is InChI=1S/C10H11BrN4O2S/c1-2-6(5-9(16)17)15-10(12-13-14-15)7-3-4-8(11)18-7/h3-4,6H,2,5H2,1H3,(H,16,17). The summed E-state index contributed by atoms with van der Waals surface area (Å²) in [6, 6.07) is 3.59. The van der Waals surface area contributed by atoms with Crippen LogP contribution in [0.25, 0.3) is 10.7 Å². The molecule has 0 bridgehead atoms. The van der Waals surface area contributed by atoms with Crippen LogP contribution in [0.4, 0.5) is 0 Å². The molecule has 2 aromatic rings. The molecule has 2 aromatic heterocycles. The normalized spacial score (nSPS) is 12.6. The number of rotatable bonds is 5. The minimum Gasteiger partial charge on any atom is -0.481 e. The highest BCUT2D eigenvalue weighted by Gasteiger charge is 2.20. The zero-order valence-corrected chi connectivity index (χ0v) is 12.0. The lowest BCUT2D eigenvalue weighted by molar-refractivity contribution is -0.138. The predicted molar refractivity (Wildman–Crippen MR) is 70.4 cm³/mol. The maximum Gasteiger partial charge on any atom is 0.305 e. The fourth-order valence-electron chi connectivity index (χ4n) is 1.64. The highest BCUT2D eigenvalue weighted by molar-refractivity contribution is 9.11. The zero-order valence-electron chi connectivity index (χ0n) is 9.58. The van der Waals surface area contributed by atoms with Crippen LogP contribution in [0, 0.1) is 0 Å². The van der Waals surface area contributed by atoms with E-state index in [2.05, 4.69) is 31.5 Å². The van der Waals surface area contributed by atoms with Gasteiger partial charge in [-0.15, -0.1) is 16.4 Å². The van der Waals surface area contributed by atoms with Crippen molar-refractivity contribution in [2.24, 2.45) is 0 Å². The number of nitrogens with zero attached hydrogens (tertiary/aromatic N) is 4. The fourth-order valence-corrected chi connectivity index (χ4v) is 3.00. The summed E-state index contributed by atoms with van der Waals surface area (Å²) in [5.74, 6) is -0.241. The third kappa shape index (κ3) is 2.75. The van der Waals surface area contributed by atoms with Gasteiger partial charge in [0.1, 0.15) is 0 Å². The first kappa shape index (κ1) is 13.2. The van der Waals surface area contributed by atoms with Gasteiger partial charge in [0.05, 0.1) is 21.1 Å². The van der Waals surface area contributed by atoms with Crippen LogP contribution < -0.4 is 0 Å². The van der Waals surface area contributed by atoms with Crippen molar-refractivity contribution in [2.75, 3.05) is 0 Å². The summed E-state index contributed by atoms with van der Waals surface area (Å²) in [7, 11) is 0. The Morgan fingerprint density at radius 3 is 2.94 bits per heavy atom. The van der Waals surface area contributed by atoms with Crippen molar-refractivity contribution >= 4 is 33.2 Å². The summed E-state index contributed by atoms with van der Waals surface area (Å²) in [5, 5.41) is 20.4. The van der Waals surface area contributed by atoms with Crippen molar-refractivity contribution in [1.29, 1.82) is 0 Å². The van der Waals surface area contributed by atoms with Gasteiger partial charge in [0.2, 0.25) is 0 Å². The molecule has 0 radical (unpaired) electrons. The first-order chi connectivity index (χ1) is 8.61. The highest BCUT2D eigenvalue weighted by Crippen LogP contribution is 2.31. The number of carbonyl (C=O) groups is 1. The molecule has 96 valence electrons. The van der Waals surface area contributed by atoms with Crippen molar-refractivity contribution in [1.82, 2.24) is 20.2 Å². The van der Waals surface area contributed by atoms with E-state index >= 15 is 0 Å². The molecular weight excluding hydrogens is 320 g/mol. The van der Waals surface area contributed by atoms with Crippen LogP contribution in [-0.2, 0) is 4.79 Å². The summed E-state index contributed by atoms with van der Waals surface area (Å²) >= 11 is 4.90. The van der Waals surface area contributed by atoms with E-state index in [-0.39, 0.29) is 12.5 Å². The van der Waals surface area contributed by atoms with Crippen molar-refractivity contribution in [3.05, 3.63) is 15.9 Å². The molecule has 0 aliphatic rings. The van der Waals surface area contributed by atoms with Gasteiger partial charge in [0.25, 0.3) is 0 Å². The molecule has 0 saturated heterocycles. The smallest absolute Gasteiger partial charge is 0.305 e. The molecule has 0 saturated carbocycles. The van der Waals surface area contributed by atoms with Crippen LogP contribution >= 0.6 is 27.3 Å². The van der Waals surface area contributed by atoms with Gasteiger partial charge >= 0.3 is 5.97 Å². The minimum absolute atomic E-state index is 0.0150. The Kier molecular flexibility index (Phi) is 4.07. The summed E-state index contributed by atoms with van der Waals surface area (Å²) in [5.41, 5.74) is 0. The van der Waals surface area contributed by atoms with Gasteiger partial charge in [-0.25, -0.2) is 4.68 Å². The van der Waals surface area contributed by atoms with Crippen LogP contribution in [0.5, 0.6) is 0 Å². The second-order valence-electron chi connectivity index (χ2n) is 3.71. The summed E-state index contributed by atoms with van der Waals surface area (Å²) < 4.78 is 2.57. The fraction of sp³-hybridized carbons (Fsp3) is 0.400. The molecule has 0 amide bonds. The Morgan fingerprint density at radius 2 is 2.39 bits per heavy atom. The Hall–Kier alpha value is -1.28. The van der Waals surface area contributed by atoms with E-state index in [1.807, 2.05) is 19.1 Å². The SMILES string of the molecule is CCC(CC(=O)O)n1nnnc1-c1ccc(Br)s1. The molecule has 0 aliphatic carbocycles. The third-order valence-corrected chi connectivity index (χ3v) is 4.13. The summed E-state index contributed by atoms with van der Waals surface area (Å²) in [6.07, 6.45) is 0.679. The molecule has 0 aromatic carbocycles. The lowest BCUT2D eigenvalue weighted by Gasteiger charge is -2.13. The number of hydrogen-bond donors (Lipinski definition) is 1.